The van der Waals surface area contributed by atoms with E-state index < -0.39 is 10.0 Å². The lowest BCUT2D eigenvalue weighted by molar-refractivity contribution is 0.397. The molecule has 1 fully saturated rings. The molecule has 0 heterocycles. The van der Waals surface area contributed by atoms with Gasteiger partial charge >= 0.3 is 0 Å². The average molecular weight is 377 g/mol. The first-order chi connectivity index (χ1) is 12.0. The van der Waals surface area contributed by atoms with Crippen LogP contribution in [0.4, 0.5) is 0 Å². The van der Waals surface area contributed by atoms with Gasteiger partial charge in [-0.25, -0.2) is 8.42 Å². The van der Waals surface area contributed by atoms with Crippen LogP contribution in [-0.2, 0) is 16.6 Å². The Hall–Kier alpha value is -2.07. The Morgan fingerprint density at radius 2 is 1.92 bits per heavy atom. The van der Waals surface area contributed by atoms with Crippen LogP contribution in [0.5, 0.6) is 5.75 Å². The summed E-state index contributed by atoms with van der Waals surface area (Å²) in [6.07, 6.45) is 1.63. The number of halogens is 1. The minimum atomic E-state index is -3.82. The lowest BCUT2D eigenvalue weighted by Gasteiger charge is -2.23. The average Bonchev–Trinajstić information content (AvgIpc) is 3.44. The molecular weight excluding hydrogens is 360 g/mol. The van der Waals surface area contributed by atoms with Gasteiger partial charge in [-0.3, -0.25) is 0 Å². The van der Waals surface area contributed by atoms with Crippen LogP contribution in [0.1, 0.15) is 24.0 Å². The van der Waals surface area contributed by atoms with Gasteiger partial charge in [0.2, 0.25) is 10.0 Å². The molecule has 25 heavy (non-hydrogen) atoms. The van der Waals surface area contributed by atoms with Gasteiger partial charge in [0.25, 0.3) is 0 Å². The fraction of sp³-hybridized carbons (Fsp3) is 0.278. The fourth-order valence-electron chi connectivity index (χ4n) is 2.61. The Labute approximate surface area is 152 Å². The highest BCUT2D eigenvalue weighted by Crippen LogP contribution is 2.35. The van der Waals surface area contributed by atoms with Gasteiger partial charge in [0.05, 0.1) is 12.7 Å². The number of nitrogens with zero attached hydrogens (tertiary/aromatic N) is 2. The molecule has 3 rings (SSSR count). The Morgan fingerprint density at radius 3 is 2.48 bits per heavy atom. The number of nitriles is 1. The topological polar surface area (TPSA) is 70.4 Å². The molecule has 1 saturated carbocycles. The predicted molar refractivity (Wildman–Crippen MR) is 94.9 cm³/mol. The second kappa shape index (κ2) is 7.04. The standard InChI is InChI=1S/C18H17ClN2O3S/c1-24-17-8-2-13(3-9-17)12-21(16-6-7-16)25(22,23)18-10-15(19)5-4-14(18)11-20/h2-5,8-10,16H,6-7,12H2,1H3. The first kappa shape index (κ1) is 17.7. The molecule has 0 aromatic heterocycles. The van der Waals surface area contributed by atoms with Crippen LogP contribution < -0.4 is 4.74 Å². The van der Waals surface area contributed by atoms with Crippen molar-refractivity contribution in [2.24, 2.45) is 0 Å². The molecule has 0 atom stereocenters. The van der Waals surface area contributed by atoms with Crippen LogP contribution >= 0.6 is 11.6 Å². The molecule has 2 aromatic carbocycles. The van der Waals surface area contributed by atoms with Crippen molar-refractivity contribution in [2.45, 2.75) is 30.3 Å². The third-order valence-electron chi connectivity index (χ3n) is 4.10. The zero-order valence-corrected chi connectivity index (χ0v) is 15.2. The first-order valence-corrected chi connectivity index (χ1v) is 9.62. The molecule has 0 saturated heterocycles. The number of hydrogen-bond donors (Lipinski definition) is 0. The van der Waals surface area contributed by atoms with Gasteiger partial charge in [0.1, 0.15) is 16.7 Å². The maximum Gasteiger partial charge on any atom is 0.245 e. The van der Waals surface area contributed by atoms with Crippen LogP contribution in [0.25, 0.3) is 0 Å². The molecule has 0 N–H and O–H groups in total. The maximum atomic E-state index is 13.2. The van der Waals surface area contributed by atoms with Gasteiger partial charge in [-0.2, -0.15) is 9.57 Å². The quantitative estimate of drug-likeness (QED) is 0.772. The summed E-state index contributed by atoms with van der Waals surface area (Å²) in [7, 11) is -2.24. The second-order valence-electron chi connectivity index (χ2n) is 5.88. The van der Waals surface area contributed by atoms with Crippen molar-refractivity contribution in [2.75, 3.05) is 7.11 Å². The summed E-state index contributed by atoms with van der Waals surface area (Å²) in [6, 6.07) is 13.5. The number of methoxy groups -OCH3 is 1. The fourth-order valence-corrected chi connectivity index (χ4v) is 4.69. The Kier molecular flexibility index (Phi) is 5.00. The van der Waals surface area contributed by atoms with Crippen LogP contribution in [0.2, 0.25) is 5.02 Å². The molecule has 0 radical (unpaired) electrons. The molecule has 7 heteroatoms. The smallest absolute Gasteiger partial charge is 0.245 e. The summed E-state index contributed by atoms with van der Waals surface area (Å²) in [4.78, 5) is -0.0390. The van der Waals surface area contributed by atoms with Crippen LogP contribution in [0.3, 0.4) is 0 Å². The van der Waals surface area contributed by atoms with Gasteiger partial charge in [-0.15, -0.1) is 0 Å². The molecule has 1 aliphatic rings. The zero-order valence-electron chi connectivity index (χ0n) is 13.6. The molecule has 2 aromatic rings. The van der Waals surface area contributed by atoms with Crippen LogP contribution in [0.15, 0.2) is 47.4 Å². The maximum absolute atomic E-state index is 13.2. The van der Waals surface area contributed by atoms with E-state index in [0.717, 1.165) is 18.4 Å². The van der Waals surface area contributed by atoms with E-state index in [9.17, 15) is 13.7 Å². The summed E-state index contributed by atoms with van der Waals surface area (Å²) in [5.74, 6) is 0.714. The number of benzene rings is 2. The van der Waals surface area contributed by atoms with Gasteiger partial charge in [-0.1, -0.05) is 23.7 Å². The monoisotopic (exact) mass is 376 g/mol. The highest BCUT2D eigenvalue weighted by atomic mass is 35.5. The normalized spacial score (nSPS) is 14.3. The van der Waals surface area contributed by atoms with Crippen molar-refractivity contribution in [1.82, 2.24) is 4.31 Å². The van der Waals surface area contributed by atoms with Crippen LogP contribution in [0, 0.1) is 11.3 Å². The van der Waals surface area contributed by atoms with E-state index in [2.05, 4.69) is 0 Å². The number of sulfonamides is 1. The van der Waals surface area contributed by atoms with Crippen molar-refractivity contribution in [3.8, 4) is 11.8 Å². The molecule has 5 nitrogen and oxygen atoms in total. The first-order valence-electron chi connectivity index (χ1n) is 7.80. The number of ether oxygens (including phenoxy) is 1. The van der Waals surface area contributed by atoms with Crippen molar-refractivity contribution in [3.63, 3.8) is 0 Å². The van der Waals surface area contributed by atoms with E-state index in [1.807, 2.05) is 18.2 Å². The van der Waals surface area contributed by atoms with Gasteiger partial charge in [0.15, 0.2) is 0 Å². The second-order valence-corrected chi connectivity index (χ2v) is 8.18. The minimum absolute atomic E-state index is 0.0390. The summed E-state index contributed by atoms with van der Waals surface area (Å²) in [5, 5.41) is 9.56. The van der Waals surface area contributed by atoms with E-state index >= 15 is 0 Å². The van der Waals surface area contributed by atoms with E-state index in [-0.39, 0.29) is 28.1 Å². The van der Waals surface area contributed by atoms with E-state index in [1.54, 1.807) is 19.2 Å². The Bertz CT molecular complexity index is 916. The van der Waals surface area contributed by atoms with Gasteiger partial charge in [0, 0.05) is 17.6 Å². The molecule has 1 aliphatic carbocycles. The molecule has 0 aliphatic heterocycles. The van der Waals surface area contributed by atoms with Gasteiger partial charge < -0.3 is 4.74 Å². The highest BCUT2D eigenvalue weighted by Gasteiger charge is 2.39. The molecule has 0 unspecified atom stereocenters. The molecule has 0 spiro atoms. The molecule has 0 amide bonds. The lowest BCUT2D eigenvalue weighted by atomic mass is 10.2. The largest absolute Gasteiger partial charge is 0.497 e. The summed E-state index contributed by atoms with van der Waals surface area (Å²) < 4.78 is 32.9. The van der Waals surface area contributed by atoms with Crippen LogP contribution in [-0.4, -0.2) is 25.9 Å². The highest BCUT2D eigenvalue weighted by molar-refractivity contribution is 7.89. The Balaban J connectivity index is 1.97. The summed E-state index contributed by atoms with van der Waals surface area (Å²) >= 11 is 5.97. The van der Waals surface area contributed by atoms with E-state index in [4.69, 9.17) is 16.3 Å². The Morgan fingerprint density at radius 1 is 1.24 bits per heavy atom. The minimum Gasteiger partial charge on any atom is -0.497 e. The predicted octanol–water partition coefficient (Wildman–Crippen LogP) is 3.57. The molecule has 0 bridgehead atoms. The van der Waals surface area contributed by atoms with E-state index in [0.29, 0.717) is 5.75 Å². The van der Waals surface area contributed by atoms with Gasteiger partial charge in [-0.05, 0) is 48.7 Å². The summed E-state index contributed by atoms with van der Waals surface area (Å²) in [5.41, 5.74) is 0.960. The molecule has 130 valence electrons. The lowest BCUT2D eigenvalue weighted by Crippen LogP contribution is -2.33. The third kappa shape index (κ3) is 3.79. The zero-order chi connectivity index (χ0) is 18.0. The molecular formula is C18H17ClN2O3S. The van der Waals surface area contributed by atoms with Crippen molar-refractivity contribution < 1.29 is 13.2 Å². The number of hydrogen-bond acceptors (Lipinski definition) is 4. The van der Waals surface area contributed by atoms with Crippen molar-refractivity contribution in [1.29, 1.82) is 5.26 Å². The number of rotatable bonds is 6. The summed E-state index contributed by atoms with van der Waals surface area (Å²) in [6.45, 7) is 0.244. The van der Waals surface area contributed by atoms with Crippen molar-refractivity contribution in [3.05, 3.63) is 58.6 Å². The third-order valence-corrected chi connectivity index (χ3v) is 6.28. The SMILES string of the molecule is COc1ccc(CN(C2CC2)S(=O)(=O)c2cc(Cl)ccc2C#N)cc1. The van der Waals surface area contributed by atoms with E-state index in [1.165, 1.54) is 22.5 Å². The van der Waals surface area contributed by atoms with Crippen molar-refractivity contribution >= 4 is 21.6 Å².